The second-order valence-electron chi connectivity index (χ2n) is 4.82. The Morgan fingerprint density at radius 1 is 1.12 bits per heavy atom. The molecule has 0 saturated carbocycles. The van der Waals surface area contributed by atoms with Crippen LogP contribution in [-0.2, 0) is 10.0 Å². The minimum absolute atomic E-state index is 0.134. The molecule has 0 amide bonds. The van der Waals surface area contributed by atoms with Crippen molar-refractivity contribution in [1.82, 2.24) is 0 Å². The Morgan fingerprint density at radius 2 is 1.83 bits per heavy atom. The van der Waals surface area contributed by atoms with E-state index in [0.717, 1.165) is 6.07 Å². The van der Waals surface area contributed by atoms with Crippen LogP contribution in [0.2, 0.25) is 0 Å². The zero-order valence-electron chi connectivity index (χ0n) is 13.4. The van der Waals surface area contributed by atoms with Crippen molar-refractivity contribution < 1.29 is 18.1 Å². The first-order valence-corrected chi connectivity index (χ1v) is 8.84. The first kappa shape index (κ1) is 17.7. The van der Waals surface area contributed by atoms with Crippen molar-refractivity contribution in [1.29, 1.82) is 0 Å². The average molecular weight is 350 g/mol. The molecule has 0 heterocycles. The van der Waals surface area contributed by atoms with E-state index in [4.69, 9.17) is 4.74 Å². The molecule has 0 aliphatic carbocycles. The Kier molecular flexibility index (Phi) is 5.40. The standard InChI is InChI=1S/C16H18N2O5S/c1-3-17(15-10-5-6-11-16(15)23-4-2)24(21,22)14-9-7-8-13(12-14)18(19)20/h5-12H,3-4H2,1-2H3. The van der Waals surface area contributed by atoms with Gasteiger partial charge in [-0.25, -0.2) is 8.42 Å². The average Bonchev–Trinajstić information content (AvgIpc) is 2.57. The molecule has 0 aliphatic heterocycles. The SMILES string of the molecule is CCOc1ccccc1N(CC)S(=O)(=O)c1cccc([N+](=O)[O-])c1. The number of non-ortho nitro benzene ring substituents is 1. The molecule has 128 valence electrons. The molecule has 7 nitrogen and oxygen atoms in total. The van der Waals surface area contributed by atoms with Gasteiger partial charge in [0.1, 0.15) is 5.75 Å². The van der Waals surface area contributed by atoms with Crippen LogP contribution in [-0.4, -0.2) is 26.5 Å². The number of anilines is 1. The molecule has 0 spiro atoms. The summed E-state index contributed by atoms with van der Waals surface area (Å²) >= 11 is 0. The lowest BCUT2D eigenvalue weighted by Crippen LogP contribution is -2.31. The van der Waals surface area contributed by atoms with Gasteiger partial charge in [-0.2, -0.15) is 0 Å². The minimum Gasteiger partial charge on any atom is -0.492 e. The third-order valence-electron chi connectivity index (χ3n) is 3.34. The van der Waals surface area contributed by atoms with Crippen molar-refractivity contribution in [2.45, 2.75) is 18.7 Å². The maximum Gasteiger partial charge on any atom is 0.270 e. The predicted octanol–water partition coefficient (Wildman–Crippen LogP) is 3.21. The smallest absolute Gasteiger partial charge is 0.270 e. The van der Waals surface area contributed by atoms with Gasteiger partial charge in [0.15, 0.2) is 0 Å². The van der Waals surface area contributed by atoms with Crippen LogP contribution in [0, 0.1) is 10.1 Å². The van der Waals surface area contributed by atoms with E-state index in [9.17, 15) is 18.5 Å². The number of para-hydroxylation sites is 2. The molecule has 0 aliphatic rings. The highest BCUT2D eigenvalue weighted by Crippen LogP contribution is 2.32. The first-order chi connectivity index (χ1) is 11.4. The largest absolute Gasteiger partial charge is 0.492 e. The summed E-state index contributed by atoms with van der Waals surface area (Å²) in [5.74, 6) is 0.441. The zero-order chi connectivity index (χ0) is 17.7. The molecule has 2 aromatic carbocycles. The number of nitro benzene ring substituents is 1. The van der Waals surface area contributed by atoms with Gasteiger partial charge in [0.05, 0.1) is 22.1 Å². The van der Waals surface area contributed by atoms with Crippen molar-refractivity contribution in [2.75, 3.05) is 17.5 Å². The van der Waals surface area contributed by atoms with Crippen molar-refractivity contribution in [3.05, 3.63) is 58.6 Å². The van der Waals surface area contributed by atoms with Crippen LogP contribution in [0.25, 0.3) is 0 Å². The summed E-state index contributed by atoms with van der Waals surface area (Å²) in [6.45, 7) is 4.06. The number of rotatable bonds is 7. The van der Waals surface area contributed by atoms with Crippen LogP contribution < -0.4 is 9.04 Å². The number of nitrogens with zero attached hydrogens (tertiary/aromatic N) is 2. The highest BCUT2D eigenvalue weighted by Gasteiger charge is 2.27. The minimum atomic E-state index is -3.95. The molecule has 8 heteroatoms. The fraction of sp³-hybridized carbons (Fsp3) is 0.250. The molecule has 0 unspecified atom stereocenters. The third-order valence-corrected chi connectivity index (χ3v) is 5.22. The van der Waals surface area contributed by atoms with E-state index in [0.29, 0.717) is 18.0 Å². The van der Waals surface area contributed by atoms with Crippen LogP contribution in [0.5, 0.6) is 5.75 Å². The highest BCUT2D eigenvalue weighted by molar-refractivity contribution is 7.92. The zero-order valence-corrected chi connectivity index (χ0v) is 14.2. The molecule has 0 bridgehead atoms. The van der Waals surface area contributed by atoms with Gasteiger partial charge in [0.2, 0.25) is 0 Å². The van der Waals surface area contributed by atoms with Crippen LogP contribution >= 0.6 is 0 Å². The first-order valence-electron chi connectivity index (χ1n) is 7.40. The highest BCUT2D eigenvalue weighted by atomic mass is 32.2. The lowest BCUT2D eigenvalue weighted by Gasteiger charge is -2.24. The number of sulfonamides is 1. The van der Waals surface area contributed by atoms with Crippen molar-refractivity contribution >= 4 is 21.4 Å². The molecule has 0 aromatic heterocycles. The van der Waals surface area contributed by atoms with Gasteiger partial charge in [0, 0.05) is 18.7 Å². The van der Waals surface area contributed by atoms with E-state index in [1.54, 1.807) is 31.2 Å². The van der Waals surface area contributed by atoms with E-state index in [1.165, 1.54) is 22.5 Å². The lowest BCUT2D eigenvalue weighted by molar-refractivity contribution is -0.385. The van der Waals surface area contributed by atoms with Crippen LogP contribution in [0.1, 0.15) is 13.8 Å². The molecular weight excluding hydrogens is 332 g/mol. The van der Waals surface area contributed by atoms with Crippen LogP contribution in [0.4, 0.5) is 11.4 Å². The summed E-state index contributed by atoms with van der Waals surface area (Å²) in [6.07, 6.45) is 0. The number of hydrogen-bond acceptors (Lipinski definition) is 5. The Morgan fingerprint density at radius 3 is 2.46 bits per heavy atom. The molecule has 2 aromatic rings. The molecule has 24 heavy (non-hydrogen) atoms. The molecule has 0 atom stereocenters. The number of nitro groups is 1. The van der Waals surface area contributed by atoms with Gasteiger partial charge < -0.3 is 4.74 Å². The Bertz CT molecular complexity index is 836. The summed E-state index contributed by atoms with van der Waals surface area (Å²) in [6, 6.07) is 11.8. The monoisotopic (exact) mass is 350 g/mol. The quantitative estimate of drug-likeness (QED) is 0.565. The lowest BCUT2D eigenvalue weighted by atomic mass is 10.3. The van der Waals surface area contributed by atoms with Crippen LogP contribution in [0.15, 0.2) is 53.4 Å². The Labute approximate surface area is 140 Å². The number of hydrogen-bond donors (Lipinski definition) is 0. The fourth-order valence-electron chi connectivity index (χ4n) is 2.30. The maximum atomic E-state index is 12.9. The molecular formula is C16H18N2O5S. The topological polar surface area (TPSA) is 89.8 Å². The second kappa shape index (κ2) is 7.31. The predicted molar refractivity (Wildman–Crippen MR) is 90.9 cm³/mol. The van der Waals surface area contributed by atoms with Crippen molar-refractivity contribution in [3.8, 4) is 5.75 Å². The Balaban J connectivity index is 2.54. The normalized spacial score (nSPS) is 11.1. The van der Waals surface area contributed by atoms with Gasteiger partial charge >= 0.3 is 0 Å². The molecule has 0 saturated heterocycles. The van der Waals surface area contributed by atoms with Gasteiger partial charge in [-0.15, -0.1) is 0 Å². The number of ether oxygens (including phenoxy) is 1. The summed E-state index contributed by atoms with van der Waals surface area (Å²) in [4.78, 5) is 10.1. The fourth-order valence-corrected chi connectivity index (χ4v) is 3.82. The summed E-state index contributed by atoms with van der Waals surface area (Å²) in [7, 11) is -3.95. The van der Waals surface area contributed by atoms with Gasteiger partial charge in [-0.1, -0.05) is 18.2 Å². The van der Waals surface area contributed by atoms with Crippen molar-refractivity contribution in [2.24, 2.45) is 0 Å². The summed E-state index contributed by atoms with van der Waals surface area (Å²) in [5.41, 5.74) is 0.124. The van der Waals surface area contributed by atoms with Gasteiger partial charge in [0.25, 0.3) is 15.7 Å². The van der Waals surface area contributed by atoms with Crippen molar-refractivity contribution in [3.63, 3.8) is 0 Å². The molecule has 0 N–H and O–H groups in total. The maximum absolute atomic E-state index is 12.9. The van der Waals surface area contributed by atoms with Crippen LogP contribution in [0.3, 0.4) is 0 Å². The van der Waals surface area contributed by atoms with E-state index in [-0.39, 0.29) is 17.1 Å². The van der Waals surface area contributed by atoms with E-state index in [2.05, 4.69) is 0 Å². The third kappa shape index (κ3) is 3.48. The van der Waals surface area contributed by atoms with Gasteiger partial charge in [-0.3, -0.25) is 14.4 Å². The van der Waals surface area contributed by atoms with E-state index >= 15 is 0 Å². The second-order valence-corrected chi connectivity index (χ2v) is 6.69. The summed E-state index contributed by atoms with van der Waals surface area (Å²) < 4.78 is 32.6. The number of benzene rings is 2. The molecule has 0 radical (unpaired) electrons. The Hall–Kier alpha value is -2.61. The molecule has 2 rings (SSSR count). The van der Waals surface area contributed by atoms with E-state index in [1.807, 2.05) is 6.92 Å². The van der Waals surface area contributed by atoms with Gasteiger partial charge in [-0.05, 0) is 32.0 Å². The summed E-state index contributed by atoms with van der Waals surface area (Å²) in [5, 5.41) is 10.9. The molecule has 0 fully saturated rings. The van der Waals surface area contributed by atoms with E-state index < -0.39 is 14.9 Å².